The minimum absolute atomic E-state index is 0.0566. The van der Waals surface area contributed by atoms with Crippen molar-refractivity contribution in [3.05, 3.63) is 11.8 Å². The maximum atomic E-state index is 12.4. The van der Waals surface area contributed by atoms with E-state index in [1.54, 1.807) is 11.8 Å². The summed E-state index contributed by atoms with van der Waals surface area (Å²) < 4.78 is 10.6. The van der Waals surface area contributed by atoms with Crippen molar-refractivity contribution in [1.29, 1.82) is 0 Å². The Bertz CT molecular complexity index is 689. The fourth-order valence-electron chi connectivity index (χ4n) is 2.87. The Morgan fingerprint density at radius 3 is 2.71 bits per heavy atom. The second-order valence-electron chi connectivity index (χ2n) is 7.62. The second-order valence-corrected chi connectivity index (χ2v) is 7.62. The van der Waals surface area contributed by atoms with E-state index in [4.69, 9.17) is 9.47 Å². The Labute approximate surface area is 166 Å². The Morgan fingerprint density at radius 1 is 1.32 bits per heavy atom. The molecule has 9 nitrogen and oxygen atoms in total. The summed E-state index contributed by atoms with van der Waals surface area (Å²) in [5.41, 5.74) is -0.264. The summed E-state index contributed by atoms with van der Waals surface area (Å²) >= 11 is 0. The average molecular weight is 393 g/mol. The van der Waals surface area contributed by atoms with Crippen LogP contribution < -0.4 is 10.6 Å². The number of esters is 1. The number of anilines is 2. The fraction of sp³-hybridized carbons (Fsp3) is 0.684. The Morgan fingerprint density at radius 2 is 2.07 bits per heavy atom. The number of nitrogens with zero attached hydrogens (tertiary/aromatic N) is 3. The quantitative estimate of drug-likeness (QED) is 0.711. The summed E-state index contributed by atoms with van der Waals surface area (Å²) in [5, 5.41) is 6.33. The molecule has 1 amide bonds. The van der Waals surface area contributed by atoms with E-state index < -0.39 is 11.6 Å². The van der Waals surface area contributed by atoms with E-state index in [1.807, 2.05) is 27.7 Å². The van der Waals surface area contributed by atoms with E-state index in [-0.39, 0.29) is 24.3 Å². The third kappa shape index (κ3) is 6.24. The Balaban J connectivity index is 2.14. The van der Waals surface area contributed by atoms with Crippen molar-refractivity contribution in [2.24, 2.45) is 0 Å². The predicted molar refractivity (Wildman–Crippen MR) is 107 cm³/mol. The van der Waals surface area contributed by atoms with Gasteiger partial charge in [-0.3, -0.25) is 0 Å². The molecule has 1 aliphatic heterocycles. The number of aromatic nitrogens is 2. The monoisotopic (exact) mass is 393 g/mol. The number of likely N-dealkylation sites (tertiary alicyclic amines) is 1. The first-order valence-electron chi connectivity index (χ1n) is 9.76. The van der Waals surface area contributed by atoms with Crippen LogP contribution in [0.2, 0.25) is 0 Å². The number of piperidine rings is 1. The molecule has 1 aliphatic rings. The van der Waals surface area contributed by atoms with E-state index in [0.29, 0.717) is 31.4 Å². The molecule has 2 rings (SSSR count). The zero-order valence-electron chi connectivity index (χ0n) is 17.4. The molecule has 0 unspecified atom stereocenters. The van der Waals surface area contributed by atoms with Crippen LogP contribution in [0.1, 0.15) is 57.8 Å². The largest absolute Gasteiger partial charge is 0.462 e. The van der Waals surface area contributed by atoms with Gasteiger partial charge in [0.25, 0.3) is 0 Å². The van der Waals surface area contributed by atoms with Gasteiger partial charge in [-0.2, -0.15) is 4.98 Å². The van der Waals surface area contributed by atoms with Crippen LogP contribution in [0.5, 0.6) is 0 Å². The molecule has 0 spiro atoms. The maximum Gasteiger partial charge on any atom is 0.410 e. The smallest absolute Gasteiger partial charge is 0.410 e. The van der Waals surface area contributed by atoms with Gasteiger partial charge in [0, 0.05) is 31.9 Å². The van der Waals surface area contributed by atoms with Crippen LogP contribution in [-0.4, -0.2) is 64.8 Å². The molecule has 2 N–H and O–H groups in total. The molecule has 0 aliphatic carbocycles. The molecule has 1 fully saturated rings. The SMILES string of the molecule is CCNc1ncc(C(=O)OCC)c(N[C@H]2CCCN(C(=O)OC(C)(C)C)C2)n1. The van der Waals surface area contributed by atoms with Gasteiger partial charge < -0.3 is 25.0 Å². The highest BCUT2D eigenvalue weighted by atomic mass is 16.6. The van der Waals surface area contributed by atoms with Crippen LogP contribution in [0, 0.1) is 0 Å². The molecular weight excluding hydrogens is 362 g/mol. The van der Waals surface area contributed by atoms with Crippen molar-refractivity contribution in [1.82, 2.24) is 14.9 Å². The van der Waals surface area contributed by atoms with Crippen LogP contribution in [0.3, 0.4) is 0 Å². The highest BCUT2D eigenvalue weighted by Crippen LogP contribution is 2.21. The zero-order valence-corrected chi connectivity index (χ0v) is 17.4. The van der Waals surface area contributed by atoms with E-state index >= 15 is 0 Å². The number of nitrogens with one attached hydrogen (secondary N) is 2. The van der Waals surface area contributed by atoms with Gasteiger partial charge in [0.2, 0.25) is 5.95 Å². The maximum absolute atomic E-state index is 12.4. The lowest BCUT2D eigenvalue weighted by Gasteiger charge is -2.34. The van der Waals surface area contributed by atoms with Gasteiger partial charge in [-0.1, -0.05) is 0 Å². The first kappa shape index (κ1) is 21.7. The molecule has 1 atom stereocenters. The lowest BCUT2D eigenvalue weighted by molar-refractivity contribution is 0.0205. The number of amides is 1. The number of ether oxygens (including phenoxy) is 2. The van der Waals surface area contributed by atoms with Crippen molar-refractivity contribution in [3.8, 4) is 0 Å². The van der Waals surface area contributed by atoms with Crippen LogP contribution in [0.15, 0.2) is 6.20 Å². The molecular formula is C19H31N5O4. The van der Waals surface area contributed by atoms with Crippen LogP contribution in [0.25, 0.3) is 0 Å². The van der Waals surface area contributed by atoms with Gasteiger partial charge in [0.1, 0.15) is 17.0 Å². The zero-order chi connectivity index (χ0) is 20.7. The molecule has 9 heteroatoms. The number of hydrogen-bond donors (Lipinski definition) is 2. The predicted octanol–water partition coefficient (Wildman–Crippen LogP) is 2.90. The van der Waals surface area contributed by atoms with E-state index in [2.05, 4.69) is 20.6 Å². The third-order valence-corrected chi connectivity index (χ3v) is 4.03. The number of rotatable bonds is 6. The first-order chi connectivity index (χ1) is 13.2. The average Bonchev–Trinajstić information content (AvgIpc) is 2.61. The number of hydrogen-bond acceptors (Lipinski definition) is 8. The van der Waals surface area contributed by atoms with Gasteiger partial charge in [0.05, 0.1) is 6.61 Å². The van der Waals surface area contributed by atoms with Crippen LogP contribution >= 0.6 is 0 Å². The molecule has 0 saturated carbocycles. The van der Waals surface area contributed by atoms with Gasteiger partial charge in [-0.15, -0.1) is 0 Å². The molecule has 28 heavy (non-hydrogen) atoms. The molecule has 0 aromatic carbocycles. The Kier molecular flexibility index (Phi) is 7.42. The molecule has 2 heterocycles. The molecule has 156 valence electrons. The van der Waals surface area contributed by atoms with Crippen molar-refractivity contribution in [3.63, 3.8) is 0 Å². The molecule has 0 radical (unpaired) electrons. The normalized spacial score (nSPS) is 17.0. The first-order valence-corrected chi connectivity index (χ1v) is 9.76. The summed E-state index contributed by atoms with van der Waals surface area (Å²) in [7, 11) is 0. The standard InChI is InChI=1S/C19H31N5O4/c1-6-20-17-21-11-14(16(25)27-7-2)15(23-17)22-13-9-8-10-24(12-13)18(26)28-19(3,4)5/h11,13H,6-10,12H2,1-5H3,(H2,20,21,22,23)/t13-/m0/s1. The minimum Gasteiger partial charge on any atom is -0.462 e. The van der Waals surface area contributed by atoms with Gasteiger partial charge in [-0.25, -0.2) is 14.6 Å². The van der Waals surface area contributed by atoms with E-state index in [9.17, 15) is 9.59 Å². The summed E-state index contributed by atoms with van der Waals surface area (Å²) in [6.07, 6.45) is 2.80. The van der Waals surface area contributed by atoms with Gasteiger partial charge in [-0.05, 0) is 47.5 Å². The topological polar surface area (TPSA) is 106 Å². The minimum atomic E-state index is -0.540. The van der Waals surface area contributed by atoms with Gasteiger partial charge >= 0.3 is 12.1 Å². The fourth-order valence-corrected chi connectivity index (χ4v) is 2.87. The summed E-state index contributed by atoms with van der Waals surface area (Å²) in [6.45, 7) is 11.3. The lowest BCUT2D eigenvalue weighted by Crippen LogP contribution is -2.47. The molecule has 1 aromatic heterocycles. The van der Waals surface area contributed by atoms with Crippen molar-refractivity contribution < 1.29 is 19.1 Å². The summed E-state index contributed by atoms with van der Waals surface area (Å²) in [4.78, 5) is 34.9. The highest BCUT2D eigenvalue weighted by Gasteiger charge is 2.29. The molecule has 1 saturated heterocycles. The molecule has 1 aromatic rings. The van der Waals surface area contributed by atoms with E-state index in [0.717, 1.165) is 12.8 Å². The van der Waals surface area contributed by atoms with Crippen molar-refractivity contribution in [2.45, 2.75) is 59.1 Å². The van der Waals surface area contributed by atoms with Gasteiger partial charge in [0.15, 0.2) is 0 Å². The van der Waals surface area contributed by atoms with Crippen molar-refractivity contribution in [2.75, 3.05) is 36.9 Å². The third-order valence-electron chi connectivity index (χ3n) is 4.03. The van der Waals surface area contributed by atoms with Crippen molar-refractivity contribution >= 4 is 23.8 Å². The summed E-state index contributed by atoms with van der Waals surface area (Å²) in [6, 6.07) is -0.0566. The summed E-state index contributed by atoms with van der Waals surface area (Å²) in [5.74, 6) is 0.353. The molecule has 0 bridgehead atoms. The van der Waals surface area contributed by atoms with E-state index in [1.165, 1.54) is 6.20 Å². The second kappa shape index (κ2) is 9.57. The van der Waals surface area contributed by atoms with Crippen LogP contribution in [-0.2, 0) is 9.47 Å². The van der Waals surface area contributed by atoms with Crippen LogP contribution in [0.4, 0.5) is 16.6 Å². The Hall–Kier alpha value is -2.58. The number of carbonyl (C=O) groups excluding carboxylic acids is 2. The highest BCUT2D eigenvalue weighted by molar-refractivity contribution is 5.94. The lowest BCUT2D eigenvalue weighted by atomic mass is 10.1. The number of carbonyl (C=O) groups is 2.